The molecule has 2 aromatic carbocycles. The van der Waals surface area contributed by atoms with Crippen LogP contribution in [0.4, 0.5) is 4.39 Å². The second kappa shape index (κ2) is 8.55. The minimum absolute atomic E-state index is 0.0145. The molecule has 2 aromatic rings. The van der Waals surface area contributed by atoms with E-state index in [1.165, 1.54) is 29.8 Å². The van der Waals surface area contributed by atoms with Crippen molar-refractivity contribution in [2.45, 2.75) is 44.6 Å². The number of nitrogens with one attached hydrogen (secondary N) is 2. The molecule has 1 fully saturated rings. The molecule has 2 amide bonds. The standard InChI is InChI=1S/C23H27FN2O2/c1-16(2)20(26-21(27)17-9-11-19(24)12-10-17)22(28)25-15-23(13-6-14-23)18-7-4-3-5-8-18/h3-5,7-12,16,20H,6,13-15H2,1-2H3,(H,25,28)(H,26,27)/t20-/m0/s1. The summed E-state index contributed by atoms with van der Waals surface area (Å²) >= 11 is 0. The van der Waals surface area contributed by atoms with Crippen molar-refractivity contribution in [3.8, 4) is 0 Å². The minimum atomic E-state index is -0.648. The average Bonchev–Trinajstić information content (AvgIpc) is 2.66. The van der Waals surface area contributed by atoms with Crippen LogP contribution in [-0.4, -0.2) is 24.4 Å². The third-order valence-electron chi connectivity index (χ3n) is 5.64. The summed E-state index contributed by atoms with van der Waals surface area (Å²) in [5, 5.41) is 5.85. The first-order chi connectivity index (χ1) is 13.4. The largest absolute Gasteiger partial charge is 0.353 e. The quantitative estimate of drug-likeness (QED) is 0.765. The lowest BCUT2D eigenvalue weighted by Gasteiger charge is -2.43. The van der Waals surface area contributed by atoms with E-state index in [9.17, 15) is 14.0 Å². The van der Waals surface area contributed by atoms with Gasteiger partial charge in [0.15, 0.2) is 0 Å². The predicted octanol–water partition coefficient (Wildman–Crippen LogP) is 3.82. The molecule has 0 spiro atoms. The molecule has 0 heterocycles. The third kappa shape index (κ3) is 4.41. The lowest BCUT2D eigenvalue weighted by Crippen LogP contribution is -2.53. The lowest BCUT2D eigenvalue weighted by atomic mass is 9.64. The van der Waals surface area contributed by atoms with E-state index in [0.717, 1.165) is 19.3 Å². The van der Waals surface area contributed by atoms with Gasteiger partial charge in [0.25, 0.3) is 5.91 Å². The van der Waals surface area contributed by atoms with Crippen molar-refractivity contribution in [2.24, 2.45) is 5.92 Å². The van der Waals surface area contributed by atoms with Gasteiger partial charge in [-0.2, -0.15) is 0 Å². The van der Waals surface area contributed by atoms with Gasteiger partial charge in [0.05, 0.1) is 0 Å². The number of hydrogen-bond donors (Lipinski definition) is 2. The van der Waals surface area contributed by atoms with Crippen molar-refractivity contribution in [3.63, 3.8) is 0 Å². The molecule has 5 heteroatoms. The molecule has 1 aliphatic rings. The zero-order chi connectivity index (χ0) is 20.1. The number of carbonyl (C=O) groups excluding carboxylic acids is 2. The molecular weight excluding hydrogens is 355 g/mol. The van der Waals surface area contributed by atoms with Crippen molar-refractivity contribution in [1.29, 1.82) is 0 Å². The number of benzene rings is 2. The van der Waals surface area contributed by atoms with Gasteiger partial charge in [0.1, 0.15) is 11.9 Å². The van der Waals surface area contributed by atoms with Gasteiger partial charge in [-0.05, 0) is 48.6 Å². The van der Waals surface area contributed by atoms with Gasteiger partial charge in [-0.15, -0.1) is 0 Å². The zero-order valence-electron chi connectivity index (χ0n) is 16.4. The van der Waals surface area contributed by atoms with E-state index in [-0.39, 0.29) is 23.1 Å². The van der Waals surface area contributed by atoms with Crippen molar-refractivity contribution in [2.75, 3.05) is 6.54 Å². The summed E-state index contributed by atoms with van der Waals surface area (Å²) < 4.78 is 13.1. The first-order valence-electron chi connectivity index (χ1n) is 9.81. The summed E-state index contributed by atoms with van der Waals surface area (Å²) in [5.41, 5.74) is 1.57. The fraction of sp³-hybridized carbons (Fsp3) is 0.391. The number of amides is 2. The fourth-order valence-electron chi connectivity index (χ4n) is 3.69. The molecule has 0 aliphatic heterocycles. The lowest BCUT2D eigenvalue weighted by molar-refractivity contribution is -0.124. The highest BCUT2D eigenvalue weighted by Gasteiger charge is 2.39. The highest BCUT2D eigenvalue weighted by molar-refractivity contribution is 5.97. The van der Waals surface area contributed by atoms with Gasteiger partial charge in [-0.25, -0.2) is 4.39 Å². The Morgan fingerprint density at radius 2 is 1.68 bits per heavy atom. The smallest absolute Gasteiger partial charge is 0.251 e. The zero-order valence-corrected chi connectivity index (χ0v) is 16.4. The Morgan fingerprint density at radius 1 is 1.04 bits per heavy atom. The van der Waals surface area contributed by atoms with Crippen LogP contribution in [0.5, 0.6) is 0 Å². The van der Waals surface area contributed by atoms with E-state index < -0.39 is 11.9 Å². The summed E-state index contributed by atoms with van der Waals surface area (Å²) in [5.74, 6) is -1.04. The highest BCUT2D eigenvalue weighted by atomic mass is 19.1. The van der Waals surface area contributed by atoms with Gasteiger partial charge >= 0.3 is 0 Å². The average molecular weight is 382 g/mol. The maximum atomic E-state index is 13.1. The topological polar surface area (TPSA) is 58.2 Å². The molecule has 1 aliphatic carbocycles. The summed E-state index contributed by atoms with van der Waals surface area (Å²) in [7, 11) is 0. The summed E-state index contributed by atoms with van der Waals surface area (Å²) in [6.07, 6.45) is 3.25. The Labute approximate surface area is 165 Å². The third-order valence-corrected chi connectivity index (χ3v) is 5.64. The van der Waals surface area contributed by atoms with Crippen molar-refractivity contribution in [1.82, 2.24) is 10.6 Å². The maximum Gasteiger partial charge on any atom is 0.251 e. The number of halogens is 1. The Kier molecular flexibility index (Phi) is 6.12. The molecule has 0 unspecified atom stereocenters. The second-order valence-electron chi connectivity index (χ2n) is 7.92. The first-order valence-corrected chi connectivity index (χ1v) is 9.81. The molecule has 0 saturated heterocycles. The number of rotatable bonds is 7. The molecule has 0 radical (unpaired) electrons. The molecule has 28 heavy (non-hydrogen) atoms. The molecule has 2 N–H and O–H groups in total. The van der Waals surface area contributed by atoms with Crippen molar-refractivity contribution >= 4 is 11.8 Å². The Morgan fingerprint density at radius 3 is 2.21 bits per heavy atom. The van der Waals surface area contributed by atoms with E-state index in [0.29, 0.717) is 12.1 Å². The van der Waals surface area contributed by atoms with Crippen LogP contribution < -0.4 is 10.6 Å². The van der Waals surface area contributed by atoms with Gasteiger partial charge in [-0.3, -0.25) is 9.59 Å². The van der Waals surface area contributed by atoms with E-state index in [2.05, 4.69) is 22.8 Å². The molecule has 0 bridgehead atoms. The van der Waals surface area contributed by atoms with Crippen molar-refractivity contribution in [3.05, 3.63) is 71.5 Å². The molecule has 1 saturated carbocycles. The molecule has 148 valence electrons. The van der Waals surface area contributed by atoms with E-state index in [4.69, 9.17) is 0 Å². The number of carbonyl (C=O) groups is 2. The van der Waals surface area contributed by atoms with Crippen LogP contribution in [-0.2, 0) is 10.2 Å². The van der Waals surface area contributed by atoms with Gasteiger partial charge in [-0.1, -0.05) is 50.6 Å². The Balaban J connectivity index is 1.64. The van der Waals surface area contributed by atoms with Gasteiger partial charge in [0.2, 0.25) is 5.91 Å². The fourth-order valence-corrected chi connectivity index (χ4v) is 3.69. The van der Waals surface area contributed by atoms with Gasteiger partial charge in [0, 0.05) is 17.5 Å². The van der Waals surface area contributed by atoms with E-state index in [1.807, 2.05) is 32.0 Å². The van der Waals surface area contributed by atoms with Crippen molar-refractivity contribution < 1.29 is 14.0 Å². The van der Waals surface area contributed by atoms with E-state index >= 15 is 0 Å². The second-order valence-corrected chi connectivity index (χ2v) is 7.92. The highest BCUT2D eigenvalue weighted by Crippen LogP contribution is 2.43. The molecule has 4 nitrogen and oxygen atoms in total. The van der Waals surface area contributed by atoms with E-state index in [1.54, 1.807) is 0 Å². The number of hydrogen-bond acceptors (Lipinski definition) is 2. The minimum Gasteiger partial charge on any atom is -0.353 e. The van der Waals surface area contributed by atoms with Crippen LogP contribution in [0.3, 0.4) is 0 Å². The molecule has 1 atom stereocenters. The maximum absolute atomic E-state index is 13.1. The molecule has 0 aromatic heterocycles. The normalized spacial score (nSPS) is 16.1. The Bertz CT molecular complexity index is 814. The molecule has 3 rings (SSSR count). The first kappa shape index (κ1) is 20.1. The van der Waals surface area contributed by atoms with Crippen LogP contribution in [0.25, 0.3) is 0 Å². The predicted molar refractivity (Wildman–Crippen MR) is 107 cm³/mol. The van der Waals surface area contributed by atoms with Crippen LogP contribution in [0, 0.1) is 11.7 Å². The van der Waals surface area contributed by atoms with Gasteiger partial charge < -0.3 is 10.6 Å². The van der Waals surface area contributed by atoms with Crippen LogP contribution >= 0.6 is 0 Å². The summed E-state index contributed by atoms with van der Waals surface area (Å²) in [4.78, 5) is 25.3. The van der Waals surface area contributed by atoms with Crippen LogP contribution in [0.2, 0.25) is 0 Å². The van der Waals surface area contributed by atoms with Crippen LogP contribution in [0.1, 0.15) is 49.0 Å². The molecular formula is C23H27FN2O2. The SMILES string of the molecule is CC(C)[C@H](NC(=O)c1ccc(F)cc1)C(=O)NCC1(c2ccccc2)CCC1. The van der Waals surface area contributed by atoms with Crippen LogP contribution in [0.15, 0.2) is 54.6 Å². The summed E-state index contributed by atoms with van der Waals surface area (Å²) in [6, 6.07) is 14.9. The summed E-state index contributed by atoms with van der Waals surface area (Å²) in [6.45, 7) is 4.35. The monoisotopic (exact) mass is 382 g/mol. The Hall–Kier alpha value is -2.69.